The van der Waals surface area contributed by atoms with Gasteiger partial charge in [0.2, 0.25) is 0 Å². The number of carbonyl (C=O) groups is 1. The first kappa shape index (κ1) is 18.3. The van der Waals surface area contributed by atoms with Crippen molar-refractivity contribution >= 4 is 28.9 Å². The maximum atomic E-state index is 12.8. The predicted octanol–water partition coefficient (Wildman–Crippen LogP) is 2.31. The lowest BCUT2D eigenvalue weighted by molar-refractivity contribution is -0.137. The van der Waals surface area contributed by atoms with Gasteiger partial charge in [0, 0.05) is 10.8 Å². The van der Waals surface area contributed by atoms with Gasteiger partial charge in [0.15, 0.2) is 0 Å². The lowest BCUT2D eigenvalue weighted by Gasteiger charge is -2.09. The fourth-order valence-electron chi connectivity index (χ4n) is 3.08. The SMILES string of the molecule is C=CC=c1c(=CC)c(-c2ccc3ccccc3c2)nn(CCC(=O)O)c1=O. The normalized spacial score (nSPS) is 12.5. The van der Waals surface area contributed by atoms with Crippen LogP contribution in [0.5, 0.6) is 0 Å². The van der Waals surface area contributed by atoms with Crippen LogP contribution in [0, 0.1) is 0 Å². The number of allylic oxidation sites excluding steroid dienone is 1. The molecule has 0 fully saturated rings. The molecule has 0 aliphatic heterocycles. The Bertz CT molecular complexity index is 1210. The second kappa shape index (κ2) is 7.83. The van der Waals surface area contributed by atoms with Gasteiger partial charge in [0.25, 0.3) is 5.56 Å². The molecular formula is C22H20N2O3. The molecule has 136 valence electrons. The van der Waals surface area contributed by atoms with Gasteiger partial charge in [0.05, 0.1) is 23.9 Å². The third-order valence-electron chi connectivity index (χ3n) is 4.36. The zero-order valence-corrected chi connectivity index (χ0v) is 15.1. The van der Waals surface area contributed by atoms with E-state index < -0.39 is 5.97 Å². The Morgan fingerprint density at radius 1 is 1.19 bits per heavy atom. The number of aryl methyl sites for hydroxylation is 1. The molecular weight excluding hydrogens is 340 g/mol. The third-order valence-corrected chi connectivity index (χ3v) is 4.36. The fraction of sp³-hybridized carbons (Fsp3) is 0.136. The van der Waals surface area contributed by atoms with Crippen molar-refractivity contribution in [3.05, 3.63) is 75.9 Å². The van der Waals surface area contributed by atoms with Crippen molar-refractivity contribution < 1.29 is 9.90 Å². The molecule has 0 spiro atoms. The molecule has 0 saturated carbocycles. The molecule has 2 aromatic carbocycles. The summed E-state index contributed by atoms with van der Waals surface area (Å²) < 4.78 is 1.22. The van der Waals surface area contributed by atoms with E-state index in [-0.39, 0.29) is 18.5 Å². The molecule has 1 N–H and O–H groups in total. The van der Waals surface area contributed by atoms with Crippen molar-refractivity contribution in [2.45, 2.75) is 19.9 Å². The monoisotopic (exact) mass is 360 g/mol. The van der Waals surface area contributed by atoms with E-state index in [0.29, 0.717) is 16.1 Å². The maximum Gasteiger partial charge on any atom is 0.305 e. The summed E-state index contributed by atoms with van der Waals surface area (Å²) in [6, 6.07) is 14.0. The largest absolute Gasteiger partial charge is 0.481 e. The van der Waals surface area contributed by atoms with Gasteiger partial charge in [0.1, 0.15) is 0 Å². The molecule has 0 amide bonds. The van der Waals surface area contributed by atoms with E-state index >= 15 is 0 Å². The van der Waals surface area contributed by atoms with Crippen LogP contribution in [-0.2, 0) is 11.3 Å². The Labute approximate surface area is 156 Å². The van der Waals surface area contributed by atoms with E-state index in [4.69, 9.17) is 5.11 Å². The van der Waals surface area contributed by atoms with Crippen molar-refractivity contribution in [1.82, 2.24) is 9.78 Å². The number of fused-ring (bicyclic) bond motifs is 1. The highest BCUT2D eigenvalue weighted by atomic mass is 16.4. The van der Waals surface area contributed by atoms with Gasteiger partial charge >= 0.3 is 5.97 Å². The molecule has 0 saturated heterocycles. The quantitative estimate of drug-likeness (QED) is 0.758. The second-order valence-electron chi connectivity index (χ2n) is 6.10. The smallest absolute Gasteiger partial charge is 0.305 e. The molecule has 27 heavy (non-hydrogen) atoms. The van der Waals surface area contributed by atoms with Gasteiger partial charge in [-0.05, 0) is 29.8 Å². The minimum atomic E-state index is -0.976. The van der Waals surface area contributed by atoms with E-state index in [1.807, 2.05) is 55.5 Å². The molecule has 0 radical (unpaired) electrons. The Kier molecular flexibility index (Phi) is 5.31. The highest BCUT2D eigenvalue weighted by Gasteiger charge is 2.11. The van der Waals surface area contributed by atoms with Gasteiger partial charge in [-0.2, -0.15) is 5.10 Å². The molecule has 0 aliphatic carbocycles. The Hall–Kier alpha value is -3.47. The summed E-state index contributed by atoms with van der Waals surface area (Å²) in [5, 5.41) is 16.8. The van der Waals surface area contributed by atoms with Crippen LogP contribution in [-0.4, -0.2) is 20.9 Å². The molecule has 0 aliphatic rings. The lowest BCUT2D eigenvalue weighted by atomic mass is 10.0. The molecule has 0 unspecified atom stereocenters. The van der Waals surface area contributed by atoms with Gasteiger partial charge in [-0.15, -0.1) is 0 Å². The van der Waals surface area contributed by atoms with Crippen molar-refractivity contribution in [2.24, 2.45) is 0 Å². The summed E-state index contributed by atoms with van der Waals surface area (Å²) in [7, 11) is 0. The van der Waals surface area contributed by atoms with Gasteiger partial charge in [-0.1, -0.05) is 55.1 Å². The molecule has 3 rings (SSSR count). The van der Waals surface area contributed by atoms with E-state index in [2.05, 4.69) is 11.7 Å². The van der Waals surface area contributed by atoms with Crippen LogP contribution in [0.15, 0.2) is 59.9 Å². The number of rotatable bonds is 5. The molecule has 1 heterocycles. The van der Waals surface area contributed by atoms with E-state index in [1.165, 1.54) is 4.68 Å². The van der Waals surface area contributed by atoms with Crippen LogP contribution in [0.4, 0.5) is 0 Å². The lowest BCUT2D eigenvalue weighted by Crippen LogP contribution is -2.47. The van der Waals surface area contributed by atoms with Crippen molar-refractivity contribution in [3.63, 3.8) is 0 Å². The predicted molar refractivity (Wildman–Crippen MR) is 108 cm³/mol. The molecule has 0 bridgehead atoms. The number of nitrogens with zero attached hydrogens (tertiary/aromatic N) is 2. The molecule has 1 aromatic heterocycles. The zero-order chi connectivity index (χ0) is 19.4. The molecule has 3 aromatic rings. The van der Waals surface area contributed by atoms with Gasteiger partial charge in [-0.3, -0.25) is 9.59 Å². The number of benzene rings is 2. The van der Waals surface area contributed by atoms with E-state index in [9.17, 15) is 9.59 Å². The van der Waals surface area contributed by atoms with E-state index in [0.717, 1.165) is 16.3 Å². The van der Waals surface area contributed by atoms with E-state index in [1.54, 1.807) is 12.2 Å². The zero-order valence-electron chi connectivity index (χ0n) is 15.1. The van der Waals surface area contributed by atoms with Crippen molar-refractivity contribution in [3.8, 4) is 11.3 Å². The standard InChI is InChI=1S/C22H20N2O3/c1-3-7-19-18(4-2)21(23-24(22(19)27)13-12-20(25)26)17-11-10-15-8-5-6-9-16(15)14-17/h3-11,14H,1,12-13H2,2H3,(H,25,26). The van der Waals surface area contributed by atoms with Crippen molar-refractivity contribution in [2.75, 3.05) is 0 Å². The number of aliphatic carboxylic acids is 1. The number of aromatic nitrogens is 2. The highest BCUT2D eigenvalue weighted by molar-refractivity contribution is 5.86. The molecule has 0 atom stereocenters. The Morgan fingerprint density at radius 3 is 2.59 bits per heavy atom. The Morgan fingerprint density at radius 2 is 1.93 bits per heavy atom. The first-order chi connectivity index (χ1) is 13.0. The number of hydrogen-bond acceptors (Lipinski definition) is 3. The first-order valence-electron chi connectivity index (χ1n) is 8.66. The summed E-state index contributed by atoms with van der Waals surface area (Å²) in [4.78, 5) is 23.7. The summed E-state index contributed by atoms with van der Waals surface area (Å²) in [6.45, 7) is 5.55. The molecule has 5 heteroatoms. The second-order valence-corrected chi connectivity index (χ2v) is 6.10. The van der Waals surface area contributed by atoms with Gasteiger partial charge in [-0.25, -0.2) is 4.68 Å². The van der Waals surface area contributed by atoms with Gasteiger partial charge < -0.3 is 5.11 Å². The number of hydrogen-bond donors (Lipinski definition) is 1. The summed E-state index contributed by atoms with van der Waals surface area (Å²) in [5.41, 5.74) is 1.18. The number of carboxylic acid groups (broad SMARTS) is 1. The Balaban J connectivity index is 2.32. The average Bonchev–Trinajstić information content (AvgIpc) is 2.68. The van der Waals surface area contributed by atoms with Crippen LogP contribution < -0.4 is 16.0 Å². The van der Waals surface area contributed by atoms with Crippen LogP contribution in [0.3, 0.4) is 0 Å². The average molecular weight is 360 g/mol. The molecule has 5 nitrogen and oxygen atoms in total. The number of carboxylic acids is 1. The topological polar surface area (TPSA) is 72.2 Å². The van der Waals surface area contributed by atoms with Crippen LogP contribution in [0.2, 0.25) is 0 Å². The summed E-state index contributed by atoms with van der Waals surface area (Å²) >= 11 is 0. The maximum absolute atomic E-state index is 12.8. The van der Waals surface area contributed by atoms with Crippen LogP contribution in [0.25, 0.3) is 34.2 Å². The van der Waals surface area contributed by atoms with Crippen LogP contribution >= 0.6 is 0 Å². The first-order valence-corrected chi connectivity index (χ1v) is 8.66. The minimum absolute atomic E-state index is 0.0106. The highest BCUT2D eigenvalue weighted by Crippen LogP contribution is 2.20. The fourth-order valence-corrected chi connectivity index (χ4v) is 3.08. The van der Waals surface area contributed by atoms with Crippen molar-refractivity contribution in [1.29, 1.82) is 0 Å². The third kappa shape index (κ3) is 3.72. The summed E-state index contributed by atoms with van der Waals surface area (Å²) in [6.07, 6.45) is 4.86. The summed E-state index contributed by atoms with van der Waals surface area (Å²) in [5.74, 6) is -0.976. The minimum Gasteiger partial charge on any atom is -0.481 e. The van der Waals surface area contributed by atoms with Crippen LogP contribution in [0.1, 0.15) is 13.3 Å².